The van der Waals surface area contributed by atoms with E-state index in [1.165, 1.54) is 6.42 Å². The molecule has 2 aromatic heterocycles. The predicted molar refractivity (Wildman–Crippen MR) is 78.9 cm³/mol. The summed E-state index contributed by atoms with van der Waals surface area (Å²) in [7, 11) is 1.92. The molecule has 21 heavy (non-hydrogen) atoms. The lowest BCUT2D eigenvalue weighted by atomic mass is 9.86. The van der Waals surface area contributed by atoms with Gasteiger partial charge in [0.25, 0.3) is 0 Å². The number of likely N-dealkylation sites (tertiary alicyclic amines) is 1. The maximum Gasteiger partial charge on any atom is 0.176 e. The molecule has 2 aromatic rings. The Kier molecular flexibility index (Phi) is 3.15. The molecule has 2 fully saturated rings. The zero-order valence-electron chi connectivity index (χ0n) is 12.3. The number of aliphatic hydroxyl groups is 1. The van der Waals surface area contributed by atoms with Gasteiger partial charge >= 0.3 is 0 Å². The summed E-state index contributed by atoms with van der Waals surface area (Å²) in [5, 5.41) is 14.8. The Morgan fingerprint density at radius 3 is 2.71 bits per heavy atom. The third-order valence-electron chi connectivity index (χ3n) is 4.95. The van der Waals surface area contributed by atoms with Crippen LogP contribution in [0.3, 0.4) is 0 Å². The molecule has 0 bridgehead atoms. The van der Waals surface area contributed by atoms with E-state index >= 15 is 0 Å². The second kappa shape index (κ2) is 5.03. The number of hydrogen-bond donors (Lipinski definition) is 1. The van der Waals surface area contributed by atoms with Gasteiger partial charge in [-0.05, 0) is 12.8 Å². The molecule has 0 aromatic carbocycles. The molecule has 1 aliphatic carbocycles. The zero-order chi connectivity index (χ0) is 14.4. The van der Waals surface area contributed by atoms with Crippen LogP contribution in [0.5, 0.6) is 0 Å². The number of hydrogen-bond acceptors (Lipinski definition) is 5. The zero-order valence-corrected chi connectivity index (χ0v) is 12.3. The van der Waals surface area contributed by atoms with Crippen LogP contribution >= 0.6 is 0 Å². The first-order chi connectivity index (χ1) is 10.2. The van der Waals surface area contributed by atoms with Crippen molar-refractivity contribution in [2.24, 2.45) is 7.05 Å². The number of aromatic nitrogens is 4. The molecule has 1 aliphatic heterocycles. The molecule has 1 saturated heterocycles. The van der Waals surface area contributed by atoms with Crippen molar-refractivity contribution in [1.82, 2.24) is 24.6 Å². The average molecular weight is 287 g/mol. The van der Waals surface area contributed by atoms with E-state index in [0.717, 1.165) is 49.2 Å². The Balaban J connectivity index is 1.52. The second-order valence-electron chi connectivity index (χ2n) is 6.31. The van der Waals surface area contributed by atoms with Crippen molar-refractivity contribution in [1.29, 1.82) is 0 Å². The molecule has 6 nitrogen and oxygen atoms in total. The fourth-order valence-electron chi connectivity index (χ4n) is 3.75. The van der Waals surface area contributed by atoms with E-state index < -0.39 is 0 Å². The molecule has 112 valence electrons. The first-order valence-electron chi connectivity index (χ1n) is 7.80. The molecule has 4 rings (SSSR count). The van der Waals surface area contributed by atoms with E-state index in [-0.39, 0.29) is 6.10 Å². The lowest BCUT2D eigenvalue weighted by Crippen LogP contribution is -2.55. The van der Waals surface area contributed by atoms with Crippen LogP contribution < -0.4 is 0 Å². The van der Waals surface area contributed by atoms with Gasteiger partial charge in [-0.1, -0.05) is 12.8 Å². The molecular formula is C15H21N5O. The van der Waals surface area contributed by atoms with E-state index in [2.05, 4.69) is 20.0 Å². The van der Waals surface area contributed by atoms with Crippen molar-refractivity contribution in [3.05, 3.63) is 18.1 Å². The van der Waals surface area contributed by atoms with E-state index in [4.69, 9.17) is 0 Å². The van der Waals surface area contributed by atoms with Gasteiger partial charge in [-0.15, -0.1) is 0 Å². The van der Waals surface area contributed by atoms with Crippen LogP contribution in [0, 0.1) is 0 Å². The van der Waals surface area contributed by atoms with Gasteiger partial charge in [0.15, 0.2) is 5.65 Å². The molecule has 3 heterocycles. The standard InChI is InChI=1S/C15H21N5O/c1-19-15-14(16-6-7-17-15)13(18-19)10-8-20(9-10)11-4-2-3-5-12(11)21/h6-7,10-12,21H,2-5,8-9H2,1H3/t11-,12-/m1/s1. The van der Waals surface area contributed by atoms with Crippen LogP contribution in [0.25, 0.3) is 11.2 Å². The number of aryl methyl sites for hydroxylation is 1. The van der Waals surface area contributed by atoms with Crippen molar-refractivity contribution >= 4 is 11.2 Å². The molecule has 1 N–H and O–H groups in total. The molecule has 6 heteroatoms. The summed E-state index contributed by atoms with van der Waals surface area (Å²) in [6.07, 6.45) is 7.75. The minimum absolute atomic E-state index is 0.153. The minimum atomic E-state index is -0.153. The molecule has 2 aliphatic rings. The third kappa shape index (κ3) is 2.13. The highest BCUT2D eigenvalue weighted by Gasteiger charge is 2.39. The lowest BCUT2D eigenvalue weighted by Gasteiger charge is -2.46. The molecule has 1 saturated carbocycles. The maximum absolute atomic E-state index is 10.2. The summed E-state index contributed by atoms with van der Waals surface area (Å²) in [4.78, 5) is 11.2. The van der Waals surface area contributed by atoms with Gasteiger partial charge in [0.1, 0.15) is 5.52 Å². The molecular weight excluding hydrogens is 266 g/mol. The van der Waals surface area contributed by atoms with Crippen molar-refractivity contribution in [2.75, 3.05) is 13.1 Å². The summed E-state index contributed by atoms with van der Waals surface area (Å²) in [6, 6.07) is 0.344. The van der Waals surface area contributed by atoms with E-state index in [1.807, 2.05) is 11.7 Å². The normalized spacial score (nSPS) is 27.9. The first kappa shape index (κ1) is 13.2. The Hall–Kier alpha value is -1.53. The smallest absolute Gasteiger partial charge is 0.176 e. The van der Waals surface area contributed by atoms with Gasteiger partial charge in [-0.3, -0.25) is 4.90 Å². The second-order valence-corrected chi connectivity index (χ2v) is 6.31. The highest BCUT2D eigenvalue weighted by Crippen LogP contribution is 2.35. The van der Waals surface area contributed by atoms with Gasteiger partial charge in [-0.25, -0.2) is 14.6 Å². The van der Waals surface area contributed by atoms with Crippen molar-refractivity contribution < 1.29 is 5.11 Å². The van der Waals surface area contributed by atoms with Gasteiger partial charge in [0.2, 0.25) is 0 Å². The Morgan fingerprint density at radius 1 is 1.14 bits per heavy atom. The fourth-order valence-corrected chi connectivity index (χ4v) is 3.75. The van der Waals surface area contributed by atoms with Gasteiger partial charge < -0.3 is 5.11 Å². The monoisotopic (exact) mass is 287 g/mol. The van der Waals surface area contributed by atoms with E-state index in [1.54, 1.807) is 12.4 Å². The predicted octanol–water partition coefficient (Wildman–Crippen LogP) is 1.07. The van der Waals surface area contributed by atoms with Crippen molar-refractivity contribution in [2.45, 2.75) is 43.7 Å². The largest absolute Gasteiger partial charge is 0.391 e. The molecule has 0 radical (unpaired) electrons. The minimum Gasteiger partial charge on any atom is -0.391 e. The SMILES string of the molecule is Cn1nc(C2CN([C@@H]3CCCC[C@H]3O)C2)c2nccnc21. The van der Waals surface area contributed by atoms with E-state index in [9.17, 15) is 5.11 Å². The van der Waals surface area contributed by atoms with Gasteiger partial charge in [0.05, 0.1) is 11.8 Å². The fraction of sp³-hybridized carbons (Fsp3) is 0.667. The van der Waals surface area contributed by atoms with Crippen molar-refractivity contribution in [3.8, 4) is 0 Å². The average Bonchev–Trinajstić information content (AvgIpc) is 2.77. The van der Waals surface area contributed by atoms with Gasteiger partial charge in [0, 0.05) is 44.5 Å². The highest BCUT2D eigenvalue weighted by molar-refractivity contribution is 5.73. The summed E-state index contributed by atoms with van der Waals surface area (Å²) < 4.78 is 1.82. The molecule has 0 amide bonds. The Labute approximate surface area is 123 Å². The first-order valence-corrected chi connectivity index (χ1v) is 7.80. The Bertz CT molecular complexity index is 649. The summed E-state index contributed by atoms with van der Waals surface area (Å²) in [5.74, 6) is 0.416. The summed E-state index contributed by atoms with van der Waals surface area (Å²) >= 11 is 0. The summed E-state index contributed by atoms with van der Waals surface area (Å²) in [5.41, 5.74) is 2.83. The quantitative estimate of drug-likeness (QED) is 0.895. The number of fused-ring (bicyclic) bond motifs is 1. The van der Waals surface area contributed by atoms with E-state index in [0.29, 0.717) is 12.0 Å². The molecule has 0 unspecified atom stereocenters. The van der Waals surface area contributed by atoms with Gasteiger partial charge in [-0.2, -0.15) is 5.10 Å². The van der Waals surface area contributed by atoms with Crippen molar-refractivity contribution in [3.63, 3.8) is 0 Å². The summed E-state index contributed by atoms with van der Waals surface area (Å²) in [6.45, 7) is 1.95. The van der Waals surface area contributed by atoms with Crippen LogP contribution in [-0.4, -0.2) is 55.0 Å². The van der Waals surface area contributed by atoms with Crippen LogP contribution in [-0.2, 0) is 7.05 Å². The highest BCUT2D eigenvalue weighted by atomic mass is 16.3. The molecule has 0 spiro atoms. The van der Waals surface area contributed by atoms with Crippen LogP contribution in [0.4, 0.5) is 0 Å². The number of nitrogens with zero attached hydrogens (tertiary/aromatic N) is 5. The Morgan fingerprint density at radius 2 is 1.90 bits per heavy atom. The lowest BCUT2D eigenvalue weighted by molar-refractivity contribution is -0.0192. The number of aliphatic hydroxyl groups excluding tert-OH is 1. The van der Waals surface area contributed by atoms with Crippen LogP contribution in [0.1, 0.15) is 37.3 Å². The van der Waals surface area contributed by atoms with Crippen LogP contribution in [0.15, 0.2) is 12.4 Å². The molecule has 2 atom stereocenters. The maximum atomic E-state index is 10.2. The third-order valence-corrected chi connectivity index (χ3v) is 4.95. The van der Waals surface area contributed by atoms with Crippen LogP contribution in [0.2, 0.25) is 0 Å². The number of rotatable bonds is 2. The topological polar surface area (TPSA) is 67.1 Å².